The van der Waals surface area contributed by atoms with E-state index < -0.39 is 0 Å². The Hall–Kier alpha value is -1.18. The molecule has 0 atom stereocenters. The maximum Gasteiger partial charge on any atom is 0.126 e. The maximum absolute atomic E-state index is 5.39. The number of hydrogen-bond donors (Lipinski definition) is 0. The third-order valence-corrected chi connectivity index (χ3v) is 2.64. The largest absolute Gasteiger partial charge is 0.497 e. The molecule has 0 amide bonds. The van der Waals surface area contributed by atoms with Gasteiger partial charge in [0.25, 0.3) is 0 Å². The minimum absolute atomic E-state index is 0.865. The number of aryl methyl sites for hydroxylation is 1. The maximum atomic E-state index is 5.39. The molecule has 0 aromatic heterocycles. The van der Waals surface area contributed by atoms with Crippen LogP contribution in [0.3, 0.4) is 0 Å². The first-order chi connectivity index (χ1) is 7.22. The Morgan fingerprint density at radius 3 is 2.40 bits per heavy atom. The number of hydrogen-bond acceptors (Lipinski definition) is 2. The number of methoxy groups -OCH3 is 2. The van der Waals surface area contributed by atoms with E-state index in [2.05, 4.69) is 19.9 Å². The second kappa shape index (κ2) is 5.64. The summed E-state index contributed by atoms with van der Waals surface area (Å²) in [7, 11) is 3.39. The van der Waals surface area contributed by atoms with Crippen molar-refractivity contribution < 1.29 is 9.47 Å². The highest BCUT2D eigenvalue weighted by molar-refractivity contribution is 5.46. The molecule has 2 nitrogen and oxygen atoms in total. The van der Waals surface area contributed by atoms with Gasteiger partial charge >= 0.3 is 0 Å². The summed E-state index contributed by atoms with van der Waals surface area (Å²) in [6, 6.07) is 4.02. The van der Waals surface area contributed by atoms with Gasteiger partial charge in [-0.15, -0.1) is 0 Å². The number of benzene rings is 1. The Morgan fingerprint density at radius 2 is 1.87 bits per heavy atom. The molecule has 0 saturated carbocycles. The van der Waals surface area contributed by atoms with Crippen LogP contribution >= 0.6 is 0 Å². The SMILES string of the molecule is CCCCc1c(C)cc(OC)cc1OC. The van der Waals surface area contributed by atoms with Crippen LogP contribution in [0, 0.1) is 6.92 Å². The fourth-order valence-electron chi connectivity index (χ4n) is 1.73. The van der Waals surface area contributed by atoms with Crippen molar-refractivity contribution in [2.45, 2.75) is 33.1 Å². The van der Waals surface area contributed by atoms with Gasteiger partial charge in [-0.1, -0.05) is 13.3 Å². The second-order valence-electron chi connectivity index (χ2n) is 3.73. The van der Waals surface area contributed by atoms with Crippen LogP contribution in [-0.4, -0.2) is 14.2 Å². The van der Waals surface area contributed by atoms with Crippen molar-refractivity contribution in [2.24, 2.45) is 0 Å². The van der Waals surface area contributed by atoms with E-state index in [1.54, 1.807) is 14.2 Å². The van der Waals surface area contributed by atoms with Crippen LogP contribution in [0.1, 0.15) is 30.9 Å². The molecule has 0 unspecified atom stereocenters. The van der Waals surface area contributed by atoms with E-state index >= 15 is 0 Å². The Labute approximate surface area is 92.2 Å². The lowest BCUT2D eigenvalue weighted by Crippen LogP contribution is -1.97. The van der Waals surface area contributed by atoms with E-state index in [4.69, 9.17) is 9.47 Å². The zero-order chi connectivity index (χ0) is 11.3. The molecular formula is C13H20O2. The molecule has 2 heteroatoms. The van der Waals surface area contributed by atoms with Gasteiger partial charge in [0.15, 0.2) is 0 Å². The molecule has 1 aromatic carbocycles. The highest BCUT2D eigenvalue weighted by Crippen LogP contribution is 2.29. The lowest BCUT2D eigenvalue weighted by atomic mass is 10.0. The standard InChI is InChI=1S/C13H20O2/c1-5-6-7-12-10(2)8-11(14-3)9-13(12)15-4/h8-9H,5-7H2,1-4H3. The quantitative estimate of drug-likeness (QED) is 0.738. The fraction of sp³-hybridized carbons (Fsp3) is 0.538. The van der Waals surface area contributed by atoms with Crippen LogP contribution in [0.15, 0.2) is 12.1 Å². The van der Waals surface area contributed by atoms with Crippen molar-refractivity contribution in [3.63, 3.8) is 0 Å². The highest BCUT2D eigenvalue weighted by atomic mass is 16.5. The first-order valence-electron chi connectivity index (χ1n) is 5.44. The van der Waals surface area contributed by atoms with Gasteiger partial charge in [-0.2, -0.15) is 0 Å². The molecule has 0 aliphatic carbocycles. The van der Waals surface area contributed by atoms with Crippen molar-refractivity contribution in [1.82, 2.24) is 0 Å². The second-order valence-corrected chi connectivity index (χ2v) is 3.73. The molecule has 0 radical (unpaired) electrons. The smallest absolute Gasteiger partial charge is 0.126 e. The van der Waals surface area contributed by atoms with Crippen LogP contribution in [0.2, 0.25) is 0 Å². The Bertz CT molecular complexity index is 319. The monoisotopic (exact) mass is 208 g/mol. The molecule has 0 spiro atoms. The summed E-state index contributed by atoms with van der Waals surface area (Å²) in [6.45, 7) is 4.31. The minimum atomic E-state index is 0.865. The van der Waals surface area contributed by atoms with E-state index in [0.717, 1.165) is 17.9 Å². The molecule has 1 aromatic rings. The number of unbranched alkanes of at least 4 members (excludes halogenated alkanes) is 1. The van der Waals surface area contributed by atoms with Gasteiger partial charge in [-0.3, -0.25) is 0 Å². The van der Waals surface area contributed by atoms with Gasteiger partial charge in [0.05, 0.1) is 14.2 Å². The third kappa shape index (κ3) is 2.88. The molecule has 0 heterocycles. The molecule has 15 heavy (non-hydrogen) atoms. The lowest BCUT2D eigenvalue weighted by molar-refractivity contribution is 0.390. The Kier molecular flexibility index (Phi) is 4.47. The van der Waals surface area contributed by atoms with Gasteiger partial charge in [0.1, 0.15) is 11.5 Å². The molecule has 0 fully saturated rings. The third-order valence-electron chi connectivity index (χ3n) is 2.64. The molecule has 0 aliphatic heterocycles. The molecule has 84 valence electrons. The van der Waals surface area contributed by atoms with E-state index in [9.17, 15) is 0 Å². The minimum Gasteiger partial charge on any atom is -0.497 e. The lowest BCUT2D eigenvalue weighted by Gasteiger charge is -2.13. The first kappa shape index (κ1) is 11.9. The Balaban J connectivity index is 3.01. The van der Waals surface area contributed by atoms with Crippen LogP contribution in [-0.2, 0) is 6.42 Å². The van der Waals surface area contributed by atoms with Crippen LogP contribution in [0.4, 0.5) is 0 Å². The normalized spacial score (nSPS) is 10.1. The summed E-state index contributed by atoms with van der Waals surface area (Å²) < 4.78 is 10.6. The van der Waals surface area contributed by atoms with Gasteiger partial charge < -0.3 is 9.47 Å². The van der Waals surface area contributed by atoms with E-state index in [1.165, 1.54) is 24.0 Å². The van der Waals surface area contributed by atoms with Gasteiger partial charge in [0.2, 0.25) is 0 Å². The summed E-state index contributed by atoms with van der Waals surface area (Å²) in [5.74, 6) is 1.81. The molecule has 0 N–H and O–H groups in total. The molecule has 1 rings (SSSR count). The Morgan fingerprint density at radius 1 is 1.13 bits per heavy atom. The molecule has 0 bridgehead atoms. The van der Waals surface area contributed by atoms with Gasteiger partial charge in [0, 0.05) is 6.07 Å². The van der Waals surface area contributed by atoms with Gasteiger partial charge in [-0.05, 0) is 37.0 Å². The number of ether oxygens (including phenoxy) is 2. The van der Waals surface area contributed by atoms with E-state index in [1.807, 2.05) is 6.07 Å². The zero-order valence-electron chi connectivity index (χ0n) is 10.1. The van der Waals surface area contributed by atoms with Crippen LogP contribution < -0.4 is 9.47 Å². The van der Waals surface area contributed by atoms with Crippen molar-refractivity contribution in [3.05, 3.63) is 23.3 Å². The zero-order valence-corrected chi connectivity index (χ0v) is 10.1. The van der Waals surface area contributed by atoms with Crippen molar-refractivity contribution >= 4 is 0 Å². The molecular weight excluding hydrogens is 188 g/mol. The van der Waals surface area contributed by atoms with Crippen molar-refractivity contribution in [1.29, 1.82) is 0 Å². The average molecular weight is 208 g/mol. The van der Waals surface area contributed by atoms with Crippen LogP contribution in [0.5, 0.6) is 11.5 Å². The van der Waals surface area contributed by atoms with E-state index in [-0.39, 0.29) is 0 Å². The summed E-state index contributed by atoms with van der Waals surface area (Å²) in [6.07, 6.45) is 3.48. The number of rotatable bonds is 5. The van der Waals surface area contributed by atoms with Crippen molar-refractivity contribution in [2.75, 3.05) is 14.2 Å². The topological polar surface area (TPSA) is 18.5 Å². The molecule has 0 aliphatic rings. The van der Waals surface area contributed by atoms with E-state index in [0.29, 0.717) is 0 Å². The predicted octanol–water partition coefficient (Wildman–Crippen LogP) is 3.35. The summed E-state index contributed by atoms with van der Waals surface area (Å²) in [5.41, 5.74) is 2.56. The van der Waals surface area contributed by atoms with Crippen molar-refractivity contribution in [3.8, 4) is 11.5 Å². The first-order valence-corrected chi connectivity index (χ1v) is 5.44. The highest BCUT2D eigenvalue weighted by Gasteiger charge is 2.08. The molecule has 0 saturated heterocycles. The summed E-state index contributed by atoms with van der Waals surface area (Å²) >= 11 is 0. The fourth-order valence-corrected chi connectivity index (χ4v) is 1.73. The van der Waals surface area contributed by atoms with Crippen LogP contribution in [0.25, 0.3) is 0 Å². The van der Waals surface area contributed by atoms with Gasteiger partial charge in [-0.25, -0.2) is 0 Å². The summed E-state index contributed by atoms with van der Waals surface area (Å²) in [4.78, 5) is 0. The average Bonchev–Trinajstić information content (AvgIpc) is 2.26. The predicted molar refractivity (Wildman–Crippen MR) is 62.9 cm³/mol. The summed E-state index contributed by atoms with van der Waals surface area (Å²) in [5, 5.41) is 0.